The second kappa shape index (κ2) is 12.7. The summed E-state index contributed by atoms with van der Waals surface area (Å²) in [6.45, 7) is 6.24. The number of methoxy groups -OCH3 is 1. The zero-order valence-electron chi connectivity index (χ0n) is 24.9. The number of rotatable bonds is 11. The largest absolute Gasteiger partial charge is 0.449 e. The number of unbranched alkanes of at least 4 members (excludes halogenated alkanes) is 1. The molecule has 0 aromatic carbocycles. The van der Waals surface area contributed by atoms with Gasteiger partial charge < -0.3 is 24.6 Å². The summed E-state index contributed by atoms with van der Waals surface area (Å²) in [5.74, 6) is -0.442. The summed E-state index contributed by atoms with van der Waals surface area (Å²) in [5, 5.41) is 14.4. The van der Waals surface area contributed by atoms with Gasteiger partial charge in [-0.2, -0.15) is 5.10 Å². The quantitative estimate of drug-likeness (QED) is 0.242. The Bertz CT molecular complexity index is 1670. The molecule has 0 spiro atoms. The van der Waals surface area contributed by atoms with Crippen LogP contribution in [-0.4, -0.2) is 69.4 Å². The molecule has 2 amide bonds. The van der Waals surface area contributed by atoms with Crippen LogP contribution in [-0.2, 0) is 9.47 Å². The molecule has 0 saturated heterocycles. The number of carbonyl (C=O) groups excluding carboxylic acids is 2. The van der Waals surface area contributed by atoms with E-state index >= 15 is 0 Å². The van der Waals surface area contributed by atoms with Gasteiger partial charge in [0.1, 0.15) is 17.0 Å². The lowest BCUT2D eigenvalue weighted by Crippen LogP contribution is -2.51. The van der Waals surface area contributed by atoms with Gasteiger partial charge in [0.25, 0.3) is 11.5 Å². The Morgan fingerprint density at radius 1 is 1.26 bits per heavy atom. The van der Waals surface area contributed by atoms with E-state index in [4.69, 9.17) is 14.0 Å². The molecule has 2 atom stereocenters. The molecule has 1 saturated carbocycles. The van der Waals surface area contributed by atoms with Gasteiger partial charge in [0.05, 0.1) is 36.3 Å². The monoisotopic (exact) mass is 592 g/mol. The van der Waals surface area contributed by atoms with Crippen LogP contribution in [0.25, 0.3) is 16.7 Å². The van der Waals surface area contributed by atoms with Crippen LogP contribution in [0.5, 0.6) is 0 Å². The summed E-state index contributed by atoms with van der Waals surface area (Å²) in [4.78, 5) is 45.4. The fourth-order valence-corrected chi connectivity index (χ4v) is 4.69. The van der Waals surface area contributed by atoms with Crippen LogP contribution < -0.4 is 21.1 Å². The Kier molecular flexibility index (Phi) is 8.76. The van der Waals surface area contributed by atoms with Gasteiger partial charge in [0.2, 0.25) is 5.76 Å². The van der Waals surface area contributed by atoms with Crippen molar-refractivity contribution in [2.24, 2.45) is 0 Å². The van der Waals surface area contributed by atoms with Gasteiger partial charge >= 0.3 is 6.09 Å². The third kappa shape index (κ3) is 6.09. The first-order chi connectivity index (χ1) is 20.7. The van der Waals surface area contributed by atoms with Gasteiger partial charge in [0.15, 0.2) is 5.52 Å². The first-order valence-corrected chi connectivity index (χ1v) is 14.3. The zero-order valence-corrected chi connectivity index (χ0v) is 24.9. The maximum Gasteiger partial charge on any atom is 0.414 e. The first kappa shape index (κ1) is 29.8. The minimum Gasteiger partial charge on any atom is -0.449 e. The van der Waals surface area contributed by atoms with Crippen molar-refractivity contribution in [3.8, 4) is 5.69 Å². The number of anilines is 3. The van der Waals surface area contributed by atoms with Crippen LogP contribution in [0, 0.1) is 0 Å². The second-order valence-corrected chi connectivity index (χ2v) is 10.7. The van der Waals surface area contributed by atoms with E-state index in [0.717, 1.165) is 19.3 Å². The van der Waals surface area contributed by atoms with Crippen molar-refractivity contribution in [2.75, 3.05) is 31.0 Å². The molecule has 14 nitrogen and oxygen atoms in total. The van der Waals surface area contributed by atoms with Crippen LogP contribution in [0.3, 0.4) is 0 Å². The van der Waals surface area contributed by atoms with E-state index in [9.17, 15) is 14.4 Å². The number of fused-ring (bicyclic) bond motifs is 1. The fraction of sp³-hybridized carbons (Fsp3) is 0.448. The minimum absolute atomic E-state index is 0.0872. The van der Waals surface area contributed by atoms with E-state index in [1.807, 2.05) is 20.8 Å². The molecule has 2 N–H and O–H groups in total. The van der Waals surface area contributed by atoms with Crippen LogP contribution in [0.1, 0.15) is 63.1 Å². The van der Waals surface area contributed by atoms with Gasteiger partial charge in [-0.25, -0.2) is 9.78 Å². The first-order valence-electron chi connectivity index (χ1n) is 14.3. The van der Waals surface area contributed by atoms with Crippen molar-refractivity contribution >= 4 is 40.2 Å². The maximum atomic E-state index is 13.5. The van der Waals surface area contributed by atoms with E-state index in [-0.39, 0.29) is 64.3 Å². The van der Waals surface area contributed by atoms with Crippen molar-refractivity contribution in [1.82, 2.24) is 29.8 Å². The normalized spacial score (nSPS) is 16.2. The molecule has 0 unspecified atom stereocenters. The highest BCUT2D eigenvalue weighted by molar-refractivity contribution is 6.07. The Balaban J connectivity index is 1.52. The van der Waals surface area contributed by atoms with Gasteiger partial charge in [-0.05, 0) is 45.2 Å². The number of hydrogen-bond acceptors (Lipinski definition) is 10. The third-order valence-corrected chi connectivity index (χ3v) is 7.42. The molecule has 0 radical (unpaired) electrons. The van der Waals surface area contributed by atoms with Gasteiger partial charge in [-0.1, -0.05) is 18.5 Å². The number of pyridine rings is 2. The SMILES string of the molecule is CCCCOC(=O)N(C)c1cc(Nc2cccn(-c3cnn(C(C)C)c3)c2=O)nc2c(C(=O)N[C@@H]3CC[C@H]3OC)onc12. The number of ether oxygens (including phenoxy) is 2. The van der Waals surface area contributed by atoms with Gasteiger partial charge in [-0.15, -0.1) is 0 Å². The molecule has 43 heavy (non-hydrogen) atoms. The Hall–Kier alpha value is -4.72. The predicted octanol–water partition coefficient (Wildman–Crippen LogP) is 4.17. The summed E-state index contributed by atoms with van der Waals surface area (Å²) in [5.41, 5.74) is 1.06. The van der Waals surface area contributed by atoms with Crippen LogP contribution in [0.15, 0.2) is 46.1 Å². The Morgan fingerprint density at radius 2 is 2.07 bits per heavy atom. The third-order valence-electron chi connectivity index (χ3n) is 7.42. The molecule has 0 aliphatic heterocycles. The number of aromatic nitrogens is 5. The number of nitrogens with one attached hydrogen (secondary N) is 2. The minimum atomic E-state index is -0.609. The molecule has 228 valence electrons. The fourth-order valence-electron chi connectivity index (χ4n) is 4.69. The highest BCUT2D eigenvalue weighted by Gasteiger charge is 2.34. The molecular weight excluding hydrogens is 556 g/mol. The topological polar surface area (TPSA) is 159 Å². The molecule has 1 fully saturated rings. The molecule has 4 aromatic rings. The second-order valence-electron chi connectivity index (χ2n) is 10.7. The highest BCUT2D eigenvalue weighted by atomic mass is 16.6. The molecule has 14 heteroatoms. The van der Waals surface area contributed by atoms with Gasteiger partial charge in [0, 0.05) is 38.7 Å². The average Bonchev–Trinajstić information content (AvgIpc) is 3.64. The summed E-state index contributed by atoms with van der Waals surface area (Å²) >= 11 is 0. The molecule has 5 rings (SSSR count). The zero-order chi connectivity index (χ0) is 30.7. The molecule has 4 aromatic heterocycles. The smallest absolute Gasteiger partial charge is 0.414 e. The number of amides is 2. The summed E-state index contributed by atoms with van der Waals surface area (Å²) in [6.07, 6.45) is 7.54. The molecule has 4 heterocycles. The van der Waals surface area contributed by atoms with E-state index in [1.165, 1.54) is 16.5 Å². The van der Waals surface area contributed by atoms with E-state index in [1.54, 1.807) is 48.6 Å². The maximum absolute atomic E-state index is 13.5. The van der Waals surface area contributed by atoms with Crippen LogP contribution >= 0.6 is 0 Å². The number of nitrogens with zero attached hydrogens (tertiary/aromatic N) is 6. The Labute approximate surface area is 247 Å². The van der Waals surface area contributed by atoms with Crippen molar-refractivity contribution in [3.05, 3.63) is 52.9 Å². The lowest BCUT2D eigenvalue weighted by atomic mass is 9.89. The summed E-state index contributed by atoms with van der Waals surface area (Å²) < 4.78 is 19.5. The van der Waals surface area contributed by atoms with Crippen molar-refractivity contribution in [2.45, 2.75) is 64.6 Å². The predicted molar refractivity (Wildman–Crippen MR) is 159 cm³/mol. The Morgan fingerprint density at radius 3 is 2.74 bits per heavy atom. The lowest BCUT2D eigenvalue weighted by Gasteiger charge is -2.35. The van der Waals surface area contributed by atoms with Crippen molar-refractivity contribution in [1.29, 1.82) is 0 Å². The molecule has 1 aliphatic rings. The van der Waals surface area contributed by atoms with Crippen molar-refractivity contribution in [3.63, 3.8) is 0 Å². The van der Waals surface area contributed by atoms with E-state index < -0.39 is 12.0 Å². The average molecular weight is 593 g/mol. The molecular formula is C29H36N8O6. The van der Waals surface area contributed by atoms with Crippen molar-refractivity contribution < 1.29 is 23.6 Å². The lowest BCUT2D eigenvalue weighted by molar-refractivity contribution is 0.00678. The van der Waals surface area contributed by atoms with Gasteiger partial charge in [-0.3, -0.25) is 23.7 Å². The number of carbonyl (C=O) groups is 2. The highest BCUT2D eigenvalue weighted by Crippen LogP contribution is 2.31. The van der Waals surface area contributed by atoms with E-state index in [0.29, 0.717) is 12.1 Å². The number of hydrogen-bond donors (Lipinski definition) is 2. The van der Waals surface area contributed by atoms with Crippen LogP contribution in [0.4, 0.5) is 22.0 Å². The molecule has 0 bridgehead atoms. The van der Waals surface area contributed by atoms with E-state index in [2.05, 4.69) is 25.9 Å². The molecule has 1 aliphatic carbocycles. The van der Waals surface area contributed by atoms with Crippen LogP contribution in [0.2, 0.25) is 0 Å². The summed E-state index contributed by atoms with van der Waals surface area (Å²) in [6, 6.07) is 4.84. The standard InChI is InChI=1S/C29H36N8O6/c1-6-7-13-42-29(40)35(4)21-14-23(31-20-9-8-12-36(28(20)39)18-15-30-37(16-18)17(2)3)33-25-24(21)34-43-26(25)27(38)32-19-10-11-22(19)41-5/h8-9,12,14-17,19,22H,6-7,10-11,13H2,1-5H3,(H,31,33)(H,32,38)/t19-,22-/m1/s1. The summed E-state index contributed by atoms with van der Waals surface area (Å²) in [7, 11) is 3.13.